The van der Waals surface area contributed by atoms with Crippen molar-refractivity contribution in [3.63, 3.8) is 0 Å². The van der Waals surface area contributed by atoms with Crippen LogP contribution in [0.15, 0.2) is 0 Å². The van der Waals surface area contributed by atoms with Gasteiger partial charge in [0.15, 0.2) is 0 Å². The van der Waals surface area contributed by atoms with Gasteiger partial charge >= 0.3 is 51.6 Å². The predicted molar refractivity (Wildman–Crippen MR) is 14.3 cm³/mol. The molecule has 0 aliphatic heterocycles. The third kappa shape index (κ3) is 10.7. The molecule has 0 aromatic carbocycles. The molecule has 0 aliphatic carbocycles. The molecule has 4 heavy (non-hydrogen) atoms. The van der Waals surface area contributed by atoms with Crippen LogP contribution in [-0.4, -0.2) is 45.5 Å². The predicted octanol–water partition coefficient (Wildman–Crippen LogP) is -1.27. The Hall–Kier alpha value is 1.22. The van der Waals surface area contributed by atoms with Crippen molar-refractivity contribution in [3.8, 4) is 0 Å². The van der Waals surface area contributed by atoms with Gasteiger partial charge in [-0.2, -0.15) is 0 Å². The molecule has 0 saturated heterocycles. The molecule has 0 aliphatic rings. The van der Waals surface area contributed by atoms with Gasteiger partial charge in [-0.05, 0) is 0 Å². The Bertz CT molecular complexity index is 8.00. The van der Waals surface area contributed by atoms with Gasteiger partial charge in [0.25, 0.3) is 0 Å². The van der Waals surface area contributed by atoms with Crippen LogP contribution in [0.1, 0.15) is 0 Å². The first kappa shape index (κ1) is 8.96. The van der Waals surface area contributed by atoms with Crippen LogP contribution in [0.2, 0.25) is 0 Å². The topological polar surface area (TPSA) is 34.1 Å². The van der Waals surface area contributed by atoms with Crippen molar-refractivity contribution in [2.45, 2.75) is 0 Å². The first-order chi connectivity index (χ1) is 2.00. The van der Waals surface area contributed by atoms with Crippen LogP contribution in [0.5, 0.6) is 0 Å². The Morgan fingerprint density at radius 2 is 1.25 bits per heavy atom. The van der Waals surface area contributed by atoms with Crippen molar-refractivity contribution >= 4 is 45.5 Å². The molecule has 0 aromatic heterocycles. The molecule has 2 radical (unpaired) electrons. The van der Waals surface area contributed by atoms with E-state index in [1.54, 1.807) is 0 Å². The molecule has 22 valence electrons. The van der Waals surface area contributed by atoms with E-state index in [0.717, 1.165) is 0 Å². The molecule has 0 bridgehead atoms. The second-order valence-electron chi connectivity index (χ2n) is 0. The Morgan fingerprint density at radius 1 is 1.25 bits per heavy atom. The summed E-state index contributed by atoms with van der Waals surface area (Å²) in [6, 6.07) is 0. The Labute approximate surface area is 51.3 Å². The molecule has 0 heterocycles. The van der Waals surface area contributed by atoms with Crippen molar-refractivity contribution in [1.29, 1.82) is 0 Å². The summed E-state index contributed by atoms with van der Waals surface area (Å²) in [6.45, 7) is 0. The van der Waals surface area contributed by atoms with Crippen molar-refractivity contribution < 1.29 is 6.09 Å². The zero-order valence-corrected chi connectivity index (χ0v) is 7.52. The fraction of sp³-hybridized carbons (Fsp3) is 0. The van der Waals surface area contributed by atoms with Crippen LogP contribution in [0.4, 0.5) is 0 Å². The number of rotatable bonds is 0. The Balaban J connectivity index is 0. The summed E-state index contributed by atoms with van der Waals surface area (Å²) in [6.07, 6.45) is 0. The fourth-order valence-corrected chi connectivity index (χ4v) is 0. The van der Waals surface area contributed by atoms with Crippen LogP contribution >= 0.6 is 0 Å². The maximum atomic E-state index is 8.34. The monoisotopic (exact) mass is 274 g/mol. The molecule has 4 heteroatoms. The van der Waals surface area contributed by atoms with E-state index in [4.69, 9.17) is 6.09 Å². The van der Waals surface area contributed by atoms with Gasteiger partial charge in [0.1, 0.15) is 0 Å². The molecule has 0 aromatic rings. The van der Waals surface area contributed by atoms with E-state index >= 15 is 0 Å². The normalized spacial score (nSPS) is 2.00. The van der Waals surface area contributed by atoms with E-state index < -0.39 is 0 Å². The first-order valence-electron chi connectivity index (χ1n) is 0.408. The Kier molecular flexibility index (Phi) is 66.0. The number of hydrogen-bond donors (Lipinski definition) is 0. The molecular weight excluding hydrogens is 272 g/mol. The van der Waals surface area contributed by atoms with Gasteiger partial charge in [0.05, 0.1) is 0 Å². The quantitative estimate of drug-likeness (QED) is 0.516. The fourth-order valence-electron chi connectivity index (χ4n) is 0. The molecule has 0 spiro atoms. The van der Waals surface area contributed by atoms with Gasteiger partial charge in [0.2, 0.25) is 0 Å². The van der Waals surface area contributed by atoms with Crippen molar-refractivity contribution in [2.75, 3.05) is 0 Å². The van der Waals surface area contributed by atoms with Crippen LogP contribution in [0.25, 0.3) is 0 Å². The molecule has 0 atom stereocenters. The summed E-state index contributed by atoms with van der Waals surface area (Å²) in [5, 5.41) is 0. The van der Waals surface area contributed by atoms with Gasteiger partial charge in [0, 0.05) is 0 Å². The van der Waals surface area contributed by atoms with Gasteiger partial charge in [-0.1, -0.05) is 0 Å². The van der Waals surface area contributed by atoms with E-state index in [1.807, 2.05) is 0 Å². The second kappa shape index (κ2) is 29.5. The van der Waals surface area contributed by atoms with E-state index in [0.29, 0.717) is 45.5 Å². The average Bonchev–Trinajstić information content (AvgIpc) is 1.50. The van der Waals surface area contributed by atoms with Gasteiger partial charge in [-0.25, -0.2) is 0 Å². The van der Waals surface area contributed by atoms with Gasteiger partial charge < -0.3 is 0 Å². The van der Waals surface area contributed by atoms with Gasteiger partial charge in [-0.3, -0.25) is 0 Å². The summed E-state index contributed by atoms with van der Waals surface area (Å²) in [4.78, 5) is 0. The molecule has 0 N–H and O–H groups in total. The molecule has 0 fully saturated rings. The van der Waals surface area contributed by atoms with E-state index in [2.05, 4.69) is 0 Å². The molecule has 0 unspecified atom stereocenters. The van der Waals surface area contributed by atoms with Gasteiger partial charge in [-0.15, -0.1) is 0 Å². The minimum atomic E-state index is 0.300. The summed E-state index contributed by atoms with van der Waals surface area (Å²) in [5.41, 5.74) is 0. The maximum absolute atomic E-state index is 8.34. The molecular formula is HO2SbSn. The van der Waals surface area contributed by atoms with Crippen LogP contribution in [-0.2, 0) is 6.09 Å². The molecule has 0 amide bonds. The van der Waals surface area contributed by atoms with Crippen LogP contribution in [0, 0.1) is 0 Å². The van der Waals surface area contributed by atoms with Crippen LogP contribution < -0.4 is 0 Å². The second-order valence-corrected chi connectivity index (χ2v) is 0. The van der Waals surface area contributed by atoms with Crippen molar-refractivity contribution in [3.05, 3.63) is 0 Å². The summed E-state index contributed by atoms with van der Waals surface area (Å²) in [5.74, 6) is 0. The summed E-state index contributed by atoms with van der Waals surface area (Å²) in [7, 11) is 0. The summed E-state index contributed by atoms with van der Waals surface area (Å²) < 4.78 is 16.7. The molecule has 2 nitrogen and oxygen atoms in total. The standard InChI is InChI=1S/2O.Sb.Sn.H. The van der Waals surface area contributed by atoms with Crippen LogP contribution in [0.3, 0.4) is 0 Å². The minimum absolute atomic E-state index is 0.300. The SMILES string of the molecule is [O]=[SbH].[O]=[Sn]. The van der Waals surface area contributed by atoms with Crippen molar-refractivity contribution in [1.82, 2.24) is 0 Å². The molecule has 0 saturated carbocycles. The average molecular weight is 273 g/mol. The molecule has 0 rings (SSSR count). The van der Waals surface area contributed by atoms with E-state index in [1.165, 1.54) is 0 Å². The van der Waals surface area contributed by atoms with Crippen molar-refractivity contribution in [2.24, 2.45) is 0 Å². The zero-order chi connectivity index (χ0) is 4.00. The third-order valence-corrected chi connectivity index (χ3v) is 0. The Morgan fingerprint density at radius 3 is 1.25 bits per heavy atom. The third-order valence-electron chi connectivity index (χ3n) is 0. The summed E-state index contributed by atoms with van der Waals surface area (Å²) >= 11 is 0.600. The van der Waals surface area contributed by atoms with E-state index in [9.17, 15) is 0 Å². The van der Waals surface area contributed by atoms with E-state index in [-0.39, 0.29) is 0 Å². The zero-order valence-electron chi connectivity index (χ0n) is 1.82. The first-order valence-corrected chi connectivity index (χ1v) is 2.74. The number of hydrogen-bond acceptors (Lipinski definition) is 2.